The Kier molecular flexibility index (Phi) is 3.13. The third kappa shape index (κ3) is 2.03. The highest BCUT2D eigenvalue weighted by Gasteiger charge is 2.17. The quantitative estimate of drug-likeness (QED) is 0.850. The molecule has 2 aromatic heterocycles. The highest BCUT2D eigenvalue weighted by molar-refractivity contribution is 7.21. The molecule has 4 nitrogen and oxygen atoms in total. The zero-order valence-corrected chi connectivity index (χ0v) is 10.9. The Morgan fingerprint density at radius 2 is 2.29 bits per heavy atom. The van der Waals surface area contributed by atoms with Gasteiger partial charge < -0.3 is 10.5 Å². The number of nitrogens with two attached hydrogens (primary N) is 1. The molecule has 0 atom stereocenters. The number of aryl methyl sites for hydroxylation is 1. The van der Waals surface area contributed by atoms with Crippen LogP contribution in [0.25, 0.3) is 10.2 Å². The Bertz CT molecular complexity index is 590. The van der Waals surface area contributed by atoms with Gasteiger partial charge in [-0.25, -0.2) is 4.98 Å². The fourth-order valence-electron chi connectivity index (χ4n) is 1.87. The number of thiophene rings is 1. The minimum atomic E-state index is -0.0217. The summed E-state index contributed by atoms with van der Waals surface area (Å²) >= 11 is 1.34. The molecule has 0 fully saturated rings. The van der Waals surface area contributed by atoms with Crippen LogP contribution in [0.5, 0.6) is 0 Å². The average molecular weight is 250 g/mol. The summed E-state index contributed by atoms with van der Waals surface area (Å²) in [5, 5.41) is 0.854. The predicted molar refractivity (Wildman–Crippen MR) is 69.5 cm³/mol. The summed E-state index contributed by atoms with van der Waals surface area (Å²) in [6.07, 6.45) is 0. The van der Waals surface area contributed by atoms with Crippen LogP contribution in [0.3, 0.4) is 0 Å². The first-order valence-electron chi connectivity index (χ1n) is 5.23. The van der Waals surface area contributed by atoms with Gasteiger partial charge in [-0.3, -0.25) is 4.79 Å². The number of nitrogens with zero attached hydrogens (tertiary/aromatic N) is 1. The molecule has 90 valence electrons. The van der Waals surface area contributed by atoms with Crippen molar-refractivity contribution in [3.05, 3.63) is 22.2 Å². The van der Waals surface area contributed by atoms with Crippen molar-refractivity contribution in [1.29, 1.82) is 0 Å². The number of ether oxygens (including phenoxy) is 1. The van der Waals surface area contributed by atoms with Crippen molar-refractivity contribution >= 4 is 33.0 Å². The van der Waals surface area contributed by atoms with Crippen molar-refractivity contribution < 1.29 is 9.53 Å². The number of carbonyl (C=O) groups excluding carboxylic acids is 1. The van der Waals surface area contributed by atoms with Gasteiger partial charge in [0.15, 0.2) is 5.78 Å². The van der Waals surface area contributed by atoms with E-state index in [1.54, 1.807) is 7.11 Å². The van der Waals surface area contributed by atoms with Gasteiger partial charge in [0.1, 0.15) is 4.83 Å². The highest BCUT2D eigenvalue weighted by atomic mass is 32.1. The van der Waals surface area contributed by atoms with E-state index in [1.807, 2.05) is 13.0 Å². The van der Waals surface area contributed by atoms with Gasteiger partial charge in [-0.05, 0) is 18.6 Å². The standard InChI is InChI=1S/C12H14N2O2S/c1-6-4-8(5-16-3)9-10(13)11(7(2)15)17-12(9)14-6/h4H,5,13H2,1-3H3. The van der Waals surface area contributed by atoms with Crippen LogP contribution in [0.15, 0.2) is 6.07 Å². The Labute approximate surface area is 103 Å². The van der Waals surface area contributed by atoms with Crippen LogP contribution in [0.2, 0.25) is 0 Å². The molecule has 2 aromatic rings. The zero-order valence-electron chi connectivity index (χ0n) is 10.0. The van der Waals surface area contributed by atoms with Crippen LogP contribution in [-0.2, 0) is 11.3 Å². The Morgan fingerprint density at radius 3 is 2.88 bits per heavy atom. The molecule has 0 unspecified atom stereocenters. The van der Waals surface area contributed by atoms with E-state index in [-0.39, 0.29) is 5.78 Å². The van der Waals surface area contributed by atoms with Crippen molar-refractivity contribution in [3.8, 4) is 0 Å². The number of aromatic nitrogens is 1. The molecule has 2 heterocycles. The van der Waals surface area contributed by atoms with Crippen molar-refractivity contribution in [1.82, 2.24) is 4.98 Å². The Morgan fingerprint density at radius 1 is 1.59 bits per heavy atom. The molecule has 0 saturated carbocycles. The predicted octanol–water partition coefficient (Wildman–Crippen LogP) is 2.54. The van der Waals surface area contributed by atoms with Crippen LogP contribution in [0.4, 0.5) is 5.69 Å². The number of hydrogen-bond acceptors (Lipinski definition) is 5. The number of fused-ring (bicyclic) bond motifs is 1. The van der Waals surface area contributed by atoms with Gasteiger partial charge in [-0.1, -0.05) is 0 Å². The molecule has 17 heavy (non-hydrogen) atoms. The molecule has 0 aliphatic heterocycles. The topological polar surface area (TPSA) is 65.2 Å². The second kappa shape index (κ2) is 4.43. The van der Waals surface area contributed by atoms with Gasteiger partial charge in [-0.2, -0.15) is 0 Å². The summed E-state index contributed by atoms with van der Waals surface area (Å²) in [6.45, 7) is 3.91. The summed E-state index contributed by atoms with van der Waals surface area (Å²) < 4.78 is 5.15. The third-order valence-corrected chi connectivity index (χ3v) is 3.73. The van der Waals surface area contributed by atoms with Crippen LogP contribution >= 0.6 is 11.3 Å². The molecular formula is C12H14N2O2S. The Hall–Kier alpha value is -1.46. The molecule has 0 bridgehead atoms. The molecule has 2 rings (SSSR count). The fraction of sp³-hybridized carbons (Fsp3) is 0.333. The number of ketones is 1. The lowest BCUT2D eigenvalue weighted by molar-refractivity contribution is 0.102. The van der Waals surface area contributed by atoms with Gasteiger partial charge in [-0.15, -0.1) is 11.3 Å². The number of carbonyl (C=O) groups is 1. The van der Waals surface area contributed by atoms with E-state index in [9.17, 15) is 4.79 Å². The smallest absolute Gasteiger partial charge is 0.171 e. The highest BCUT2D eigenvalue weighted by Crippen LogP contribution is 2.35. The molecule has 0 spiro atoms. The van der Waals surface area contributed by atoms with Crippen molar-refractivity contribution in [3.63, 3.8) is 0 Å². The first-order valence-corrected chi connectivity index (χ1v) is 6.04. The Balaban J connectivity index is 2.77. The van der Waals surface area contributed by atoms with E-state index < -0.39 is 0 Å². The number of rotatable bonds is 3. The number of methoxy groups -OCH3 is 1. The summed E-state index contributed by atoms with van der Waals surface area (Å²) in [5.74, 6) is -0.0217. The van der Waals surface area contributed by atoms with E-state index in [0.717, 1.165) is 21.5 Å². The lowest BCUT2D eigenvalue weighted by atomic mass is 10.1. The van der Waals surface area contributed by atoms with E-state index in [4.69, 9.17) is 10.5 Å². The van der Waals surface area contributed by atoms with Crippen LogP contribution < -0.4 is 5.73 Å². The number of Topliss-reactive ketones (excluding diaryl/α,β-unsaturated/α-hetero) is 1. The molecule has 0 saturated heterocycles. The maximum Gasteiger partial charge on any atom is 0.171 e. The summed E-state index contributed by atoms with van der Waals surface area (Å²) in [5.41, 5.74) is 8.43. The third-order valence-electron chi connectivity index (χ3n) is 2.53. The van der Waals surface area contributed by atoms with E-state index >= 15 is 0 Å². The van der Waals surface area contributed by atoms with Gasteiger partial charge in [0, 0.05) is 25.1 Å². The largest absolute Gasteiger partial charge is 0.397 e. The van der Waals surface area contributed by atoms with Gasteiger partial charge >= 0.3 is 0 Å². The zero-order chi connectivity index (χ0) is 12.6. The van der Waals surface area contributed by atoms with E-state index in [2.05, 4.69) is 4.98 Å². The number of pyridine rings is 1. The monoisotopic (exact) mass is 250 g/mol. The summed E-state index contributed by atoms with van der Waals surface area (Å²) in [4.78, 5) is 17.3. The molecule has 5 heteroatoms. The number of hydrogen-bond donors (Lipinski definition) is 1. The first kappa shape index (κ1) is 12.0. The van der Waals surface area contributed by atoms with Crippen molar-refractivity contribution in [2.24, 2.45) is 0 Å². The molecule has 0 aliphatic carbocycles. The molecule has 0 radical (unpaired) electrons. The molecule has 2 N–H and O–H groups in total. The minimum Gasteiger partial charge on any atom is -0.397 e. The number of nitrogen functional groups attached to an aromatic ring is 1. The van der Waals surface area contributed by atoms with Gasteiger partial charge in [0.05, 0.1) is 17.2 Å². The summed E-state index contributed by atoms with van der Waals surface area (Å²) in [7, 11) is 1.63. The van der Waals surface area contributed by atoms with Crippen molar-refractivity contribution in [2.75, 3.05) is 12.8 Å². The lowest BCUT2D eigenvalue weighted by Crippen LogP contribution is -1.97. The minimum absolute atomic E-state index is 0.0217. The van der Waals surface area contributed by atoms with Crippen LogP contribution in [0, 0.1) is 6.92 Å². The molecular weight excluding hydrogens is 236 g/mol. The molecule has 0 aliphatic rings. The average Bonchev–Trinajstić information content (AvgIpc) is 2.56. The molecule has 0 aromatic carbocycles. The lowest BCUT2D eigenvalue weighted by Gasteiger charge is -2.04. The maximum absolute atomic E-state index is 11.5. The summed E-state index contributed by atoms with van der Waals surface area (Å²) in [6, 6.07) is 1.94. The van der Waals surface area contributed by atoms with Crippen LogP contribution in [0.1, 0.15) is 27.9 Å². The van der Waals surface area contributed by atoms with E-state index in [0.29, 0.717) is 17.2 Å². The SMILES string of the molecule is COCc1cc(C)nc2sc(C(C)=O)c(N)c12. The maximum atomic E-state index is 11.5. The van der Waals surface area contributed by atoms with Crippen LogP contribution in [-0.4, -0.2) is 17.9 Å². The number of anilines is 1. The first-order chi connectivity index (χ1) is 8.04. The van der Waals surface area contributed by atoms with Gasteiger partial charge in [0.25, 0.3) is 0 Å². The molecule has 0 amide bonds. The second-order valence-corrected chi connectivity index (χ2v) is 4.94. The normalized spacial score (nSPS) is 11.0. The second-order valence-electron chi connectivity index (χ2n) is 3.94. The van der Waals surface area contributed by atoms with E-state index in [1.165, 1.54) is 18.3 Å². The fourth-order valence-corrected chi connectivity index (χ4v) is 2.95. The van der Waals surface area contributed by atoms with Gasteiger partial charge in [0.2, 0.25) is 0 Å². The van der Waals surface area contributed by atoms with Crippen molar-refractivity contribution in [2.45, 2.75) is 20.5 Å².